The minimum atomic E-state index is -2.64. The van der Waals surface area contributed by atoms with Crippen LogP contribution in [-0.2, 0) is 16.1 Å². The molecule has 1 unspecified atom stereocenters. The number of aliphatic carboxylic acids is 1. The fourth-order valence-electron chi connectivity index (χ4n) is 0.941. The summed E-state index contributed by atoms with van der Waals surface area (Å²) in [6.07, 6.45) is 1.23. The van der Waals surface area contributed by atoms with Gasteiger partial charge in [0.2, 0.25) is 0 Å². The molecule has 0 amide bonds. The molecule has 0 radical (unpaired) electrons. The topological polar surface area (TPSA) is 89.5 Å². The number of hydrogen-bond acceptors (Lipinski definition) is 3. The third-order valence-corrected chi connectivity index (χ3v) is 1.92. The van der Waals surface area contributed by atoms with Crippen LogP contribution in [0.25, 0.3) is 6.08 Å². The summed E-state index contributed by atoms with van der Waals surface area (Å²) in [6.45, 7) is 0. The van der Waals surface area contributed by atoms with E-state index < -0.39 is 22.9 Å². The van der Waals surface area contributed by atoms with Crippen LogP contribution >= 0.6 is 0 Å². The van der Waals surface area contributed by atoms with E-state index in [0.717, 1.165) is 0 Å². The molecule has 0 spiro atoms. The van der Waals surface area contributed by atoms with Gasteiger partial charge in [0, 0.05) is 11.3 Å². The minimum absolute atomic E-state index is 0.394. The van der Waals surface area contributed by atoms with E-state index in [1.54, 1.807) is 35.1 Å². The second-order valence-corrected chi connectivity index (χ2v) is 3.28. The van der Waals surface area contributed by atoms with Crippen LogP contribution in [0.1, 0.15) is 5.56 Å². The Balaban J connectivity index is 2.94. The lowest BCUT2D eigenvalue weighted by atomic mass is 10.2. The molecule has 1 aromatic rings. The molecule has 0 saturated heterocycles. The highest BCUT2D eigenvalue weighted by molar-refractivity contribution is 7.77. The largest absolute Gasteiger partial charge is 0.755 e. The maximum atomic E-state index is 10.6. The fourth-order valence-corrected chi connectivity index (χ4v) is 1.27. The standard InChI is InChI=1S/C9H9NO4S/c11-9(12)8(10-15(13)14)6-7-4-2-1-3-5-7/h1-6,10H,(H,11,12)(H,13,14)/p-1. The van der Waals surface area contributed by atoms with Crippen molar-refractivity contribution in [2.75, 3.05) is 0 Å². The lowest BCUT2D eigenvalue weighted by molar-refractivity contribution is -0.132. The Hall–Kier alpha value is -1.66. The molecule has 0 saturated carbocycles. The van der Waals surface area contributed by atoms with E-state index in [9.17, 15) is 13.6 Å². The summed E-state index contributed by atoms with van der Waals surface area (Å²) in [6, 6.07) is 8.55. The molecule has 0 heterocycles. The summed E-state index contributed by atoms with van der Waals surface area (Å²) in [5.74, 6) is -1.33. The maximum Gasteiger partial charge on any atom is 0.352 e. The van der Waals surface area contributed by atoms with Gasteiger partial charge in [0.15, 0.2) is 0 Å². The predicted octanol–water partition coefficient (Wildman–Crippen LogP) is 0.496. The zero-order valence-electron chi connectivity index (χ0n) is 7.54. The van der Waals surface area contributed by atoms with Crippen LogP contribution in [0.5, 0.6) is 0 Å². The van der Waals surface area contributed by atoms with E-state index in [1.165, 1.54) is 6.08 Å². The molecule has 5 nitrogen and oxygen atoms in total. The summed E-state index contributed by atoms with van der Waals surface area (Å²) in [5, 5.41) is 8.68. The number of carboxylic acids is 1. The molecule has 0 aliphatic heterocycles. The zero-order chi connectivity index (χ0) is 11.3. The second kappa shape index (κ2) is 5.28. The molecule has 0 fully saturated rings. The van der Waals surface area contributed by atoms with E-state index in [4.69, 9.17) is 5.11 Å². The van der Waals surface area contributed by atoms with Gasteiger partial charge in [-0.25, -0.2) is 4.79 Å². The highest BCUT2D eigenvalue weighted by Gasteiger charge is 2.06. The molecular weight excluding hydrogens is 218 g/mol. The Labute approximate surface area is 88.9 Å². The molecule has 2 N–H and O–H groups in total. The van der Waals surface area contributed by atoms with Crippen molar-refractivity contribution in [3.63, 3.8) is 0 Å². The lowest BCUT2D eigenvalue weighted by Crippen LogP contribution is -2.21. The minimum Gasteiger partial charge on any atom is -0.755 e. The first-order chi connectivity index (χ1) is 7.09. The molecule has 0 aliphatic rings. The van der Waals surface area contributed by atoms with Gasteiger partial charge in [-0.1, -0.05) is 30.3 Å². The van der Waals surface area contributed by atoms with Gasteiger partial charge in [-0.2, -0.15) is 0 Å². The summed E-state index contributed by atoms with van der Waals surface area (Å²) in [5.41, 5.74) is 0.211. The average molecular weight is 226 g/mol. The van der Waals surface area contributed by atoms with Gasteiger partial charge in [0.05, 0.1) is 0 Å². The Morgan fingerprint density at radius 1 is 1.40 bits per heavy atom. The van der Waals surface area contributed by atoms with Crippen LogP contribution < -0.4 is 4.72 Å². The van der Waals surface area contributed by atoms with Crippen LogP contribution in [0.2, 0.25) is 0 Å². The fraction of sp³-hybridized carbons (Fsp3) is 0. The lowest BCUT2D eigenvalue weighted by Gasteiger charge is -2.08. The van der Waals surface area contributed by atoms with Crippen LogP contribution in [0.15, 0.2) is 36.0 Å². The number of carbonyl (C=O) groups is 1. The van der Waals surface area contributed by atoms with Gasteiger partial charge in [0.25, 0.3) is 0 Å². The van der Waals surface area contributed by atoms with Crippen molar-refractivity contribution in [1.29, 1.82) is 0 Å². The van der Waals surface area contributed by atoms with Crippen molar-refractivity contribution in [3.05, 3.63) is 41.6 Å². The molecule has 0 aliphatic carbocycles. The van der Waals surface area contributed by atoms with E-state index in [0.29, 0.717) is 5.56 Å². The quantitative estimate of drug-likeness (QED) is 0.577. The Morgan fingerprint density at radius 3 is 2.47 bits per heavy atom. The monoisotopic (exact) mass is 226 g/mol. The Morgan fingerprint density at radius 2 is 2.00 bits per heavy atom. The Bertz CT molecular complexity index is 402. The second-order valence-electron chi connectivity index (χ2n) is 2.61. The van der Waals surface area contributed by atoms with Crippen LogP contribution in [0, 0.1) is 0 Å². The maximum absolute atomic E-state index is 10.6. The normalized spacial score (nSPS) is 13.3. The van der Waals surface area contributed by atoms with Crippen molar-refractivity contribution >= 4 is 23.3 Å². The van der Waals surface area contributed by atoms with E-state index in [2.05, 4.69) is 0 Å². The van der Waals surface area contributed by atoms with Gasteiger partial charge in [-0.15, -0.1) is 0 Å². The van der Waals surface area contributed by atoms with E-state index in [-0.39, 0.29) is 0 Å². The first kappa shape index (κ1) is 11.4. The van der Waals surface area contributed by atoms with Gasteiger partial charge >= 0.3 is 5.97 Å². The molecule has 1 aromatic carbocycles. The van der Waals surface area contributed by atoms with Crippen molar-refractivity contribution in [2.24, 2.45) is 0 Å². The first-order valence-corrected chi connectivity index (χ1v) is 5.03. The van der Waals surface area contributed by atoms with Crippen LogP contribution in [-0.4, -0.2) is 19.8 Å². The molecule has 0 aromatic heterocycles. The zero-order valence-corrected chi connectivity index (χ0v) is 8.36. The van der Waals surface area contributed by atoms with Crippen LogP contribution in [0.4, 0.5) is 0 Å². The third-order valence-electron chi connectivity index (χ3n) is 1.53. The number of benzene rings is 1. The molecular formula is C9H8NO4S-. The summed E-state index contributed by atoms with van der Waals surface area (Å²) in [7, 11) is 0. The SMILES string of the molecule is O=C(O)C(=Cc1ccccc1)NS(=O)[O-]. The molecule has 80 valence electrons. The van der Waals surface area contributed by atoms with Crippen LogP contribution in [0.3, 0.4) is 0 Å². The number of carboxylic acid groups (broad SMARTS) is 1. The number of nitrogens with one attached hydrogen (secondary N) is 1. The van der Waals surface area contributed by atoms with Crippen molar-refractivity contribution in [3.8, 4) is 0 Å². The molecule has 1 atom stereocenters. The van der Waals surface area contributed by atoms with Crippen molar-refractivity contribution in [2.45, 2.75) is 0 Å². The highest BCUT2D eigenvalue weighted by atomic mass is 32.2. The third kappa shape index (κ3) is 3.92. The number of hydrogen-bond donors (Lipinski definition) is 2. The van der Waals surface area contributed by atoms with Gasteiger partial charge in [0.1, 0.15) is 5.70 Å². The van der Waals surface area contributed by atoms with Gasteiger partial charge < -0.3 is 14.4 Å². The van der Waals surface area contributed by atoms with E-state index >= 15 is 0 Å². The molecule has 6 heteroatoms. The molecule has 15 heavy (non-hydrogen) atoms. The number of rotatable bonds is 4. The van der Waals surface area contributed by atoms with Crippen molar-refractivity contribution in [1.82, 2.24) is 4.72 Å². The van der Waals surface area contributed by atoms with E-state index in [1.807, 2.05) is 0 Å². The Kier molecular flexibility index (Phi) is 4.02. The smallest absolute Gasteiger partial charge is 0.352 e. The van der Waals surface area contributed by atoms with Gasteiger partial charge in [-0.05, 0) is 11.6 Å². The predicted molar refractivity (Wildman–Crippen MR) is 54.1 cm³/mol. The summed E-state index contributed by atoms with van der Waals surface area (Å²) < 4.78 is 22.4. The molecule has 1 rings (SSSR count). The highest BCUT2D eigenvalue weighted by Crippen LogP contribution is 2.04. The summed E-state index contributed by atoms with van der Waals surface area (Å²) in [4.78, 5) is 10.6. The summed E-state index contributed by atoms with van der Waals surface area (Å²) >= 11 is -2.64. The van der Waals surface area contributed by atoms with Gasteiger partial charge in [-0.3, -0.25) is 4.21 Å². The molecule has 0 bridgehead atoms. The average Bonchev–Trinajstić information content (AvgIpc) is 2.17. The first-order valence-electron chi connectivity index (χ1n) is 3.95. The van der Waals surface area contributed by atoms with Crippen molar-refractivity contribution < 1.29 is 18.7 Å².